The quantitative estimate of drug-likeness (QED) is 0.186. The fourth-order valence-corrected chi connectivity index (χ4v) is 7.13. The minimum absolute atomic E-state index is 0.0549. The maximum atomic E-state index is 12.8. The summed E-state index contributed by atoms with van der Waals surface area (Å²) in [4.78, 5) is 19.1. The zero-order chi connectivity index (χ0) is 35.5. The standard InChI is InChI=1S/C36H41Cl2N9O4/c1-3-25(2)47-35(48)45(24-42-47)29-7-5-28(6-8-29)43-14-16-44(17-15-43)34-11-9-30(18-26(34)20-39)49-21-31-22-50-36(51-31,23-46-40-12-13-41-46)32-10-4-27(37)19-33(32)38/h4-13,18-19,24-25,31H,3,14-17,20-23,39H2,1-2H3/t25?,31-,36-/m1/s1. The van der Waals surface area contributed by atoms with Gasteiger partial charge in [-0.2, -0.15) is 20.1 Å². The van der Waals surface area contributed by atoms with Crippen molar-refractivity contribution in [1.82, 2.24) is 29.3 Å². The van der Waals surface area contributed by atoms with Gasteiger partial charge in [0.25, 0.3) is 0 Å². The maximum absolute atomic E-state index is 12.8. The Labute approximate surface area is 306 Å². The lowest BCUT2D eigenvalue weighted by molar-refractivity contribution is -0.192. The van der Waals surface area contributed by atoms with E-state index in [1.54, 1.807) is 41.5 Å². The predicted molar refractivity (Wildman–Crippen MR) is 196 cm³/mol. The molecule has 0 spiro atoms. The first-order chi connectivity index (χ1) is 24.8. The van der Waals surface area contributed by atoms with Crippen LogP contribution in [0.2, 0.25) is 10.0 Å². The van der Waals surface area contributed by atoms with E-state index in [9.17, 15) is 4.79 Å². The highest BCUT2D eigenvalue weighted by Crippen LogP contribution is 2.40. The third-order valence-corrected chi connectivity index (χ3v) is 10.1. The van der Waals surface area contributed by atoms with Gasteiger partial charge in [-0.3, -0.25) is 0 Å². The molecule has 3 aromatic carbocycles. The first-order valence-corrected chi connectivity index (χ1v) is 17.9. The Morgan fingerprint density at radius 1 is 0.961 bits per heavy atom. The predicted octanol–water partition coefficient (Wildman–Crippen LogP) is 5.04. The Hall–Kier alpha value is -4.40. The van der Waals surface area contributed by atoms with Crippen molar-refractivity contribution in [1.29, 1.82) is 0 Å². The topological polar surface area (TPSA) is 131 Å². The van der Waals surface area contributed by atoms with E-state index in [-0.39, 0.29) is 37.6 Å². The number of hydrogen-bond acceptors (Lipinski definition) is 10. The highest BCUT2D eigenvalue weighted by atomic mass is 35.5. The van der Waals surface area contributed by atoms with Crippen LogP contribution in [0.5, 0.6) is 5.75 Å². The van der Waals surface area contributed by atoms with Crippen LogP contribution in [0.3, 0.4) is 0 Å². The number of halogens is 2. The minimum Gasteiger partial charge on any atom is -0.491 e. The lowest BCUT2D eigenvalue weighted by atomic mass is 10.1. The number of aromatic nitrogens is 6. The summed E-state index contributed by atoms with van der Waals surface area (Å²) < 4.78 is 22.1. The molecule has 15 heteroatoms. The molecule has 13 nitrogen and oxygen atoms in total. The lowest BCUT2D eigenvalue weighted by Gasteiger charge is -2.38. The van der Waals surface area contributed by atoms with Gasteiger partial charge in [-0.25, -0.2) is 14.0 Å². The van der Waals surface area contributed by atoms with Crippen molar-refractivity contribution in [2.75, 3.05) is 49.2 Å². The molecule has 5 aromatic rings. The highest BCUT2D eigenvalue weighted by Gasteiger charge is 2.46. The molecule has 0 radical (unpaired) electrons. The van der Waals surface area contributed by atoms with Gasteiger partial charge < -0.3 is 29.7 Å². The maximum Gasteiger partial charge on any atom is 0.350 e. The van der Waals surface area contributed by atoms with Crippen LogP contribution in [-0.4, -0.2) is 74.8 Å². The third-order valence-electron chi connectivity index (χ3n) is 9.54. The largest absolute Gasteiger partial charge is 0.491 e. The second-order valence-corrected chi connectivity index (χ2v) is 13.6. The Balaban J connectivity index is 0.965. The molecular formula is C36H41Cl2N9O4. The second kappa shape index (κ2) is 15.1. The number of rotatable bonds is 12. The minimum atomic E-state index is -1.21. The van der Waals surface area contributed by atoms with Crippen LogP contribution in [0, 0.1) is 0 Å². The average molecular weight is 735 g/mol. The summed E-state index contributed by atoms with van der Waals surface area (Å²) in [5, 5.41) is 13.7. The van der Waals surface area contributed by atoms with Crippen molar-refractivity contribution in [3.8, 4) is 11.4 Å². The van der Waals surface area contributed by atoms with E-state index < -0.39 is 5.79 Å². The molecule has 0 amide bonds. The zero-order valence-electron chi connectivity index (χ0n) is 28.6. The van der Waals surface area contributed by atoms with E-state index in [4.69, 9.17) is 43.1 Å². The Morgan fingerprint density at radius 3 is 2.39 bits per heavy atom. The molecular weight excluding hydrogens is 693 g/mol. The summed E-state index contributed by atoms with van der Waals surface area (Å²) in [5.41, 5.74) is 10.8. The first kappa shape index (κ1) is 35.0. The van der Waals surface area contributed by atoms with Gasteiger partial charge in [-0.05, 0) is 73.5 Å². The van der Waals surface area contributed by atoms with Crippen LogP contribution in [-0.2, 0) is 28.4 Å². The summed E-state index contributed by atoms with van der Waals surface area (Å²) >= 11 is 12.8. The SMILES string of the molecule is CCC(C)n1ncn(-c2ccc(N3CCN(c4ccc(OC[C@@H]5CO[C@@](Cn6nccn6)(c6ccc(Cl)cc6Cl)O5)cc4CN)CC3)cc2)c1=O. The molecule has 1 unspecified atom stereocenters. The third kappa shape index (κ3) is 7.35. The van der Waals surface area contributed by atoms with E-state index in [0.717, 1.165) is 55.2 Å². The van der Waals surface area contributed by atoms with Crippen LogP contribution >= 0.6 is 23.2 Å². The van der Waals surface area contributed by atoms with E-state index in [0.29, 0.717) is 27.9 Å². The number of nitrogens with two attached hydrogens (primary N) is 1. The van der Waals surface area contributed by atoms with Gasteiger partial charge in [0.1, 0.15) is 31.3 Å². The molecule has 268 valence electrons. The number of hydrogen-bond donors (Lipinski definition) is 1. The molecule has 2 aliphatic rings. The van der Waals surface area contributed by atoms with Gasteiger partial charge in [0.05, 0.1) is 35.8 Å². The van der Waals surface area contributed by atoms with Crippen LogP contribution in [0.4, 0.5) is 11.4 Å². The second-order valence-electron chi connectivity index (χ2n) is 12.8. The zero-order valence-corrected chi connectivity index (χ0v) is 30.1. The number of benzene rings is 3. The van der Waals surface area contributed by atoms with Crippen molar-refractivity contribution in [3.63, 3.8) is 0 Å². The molecule has 2 N–H and O–H groups in total. The molecule has 51 heavy (non-hydrogen) atoms. The van der Waals surface area contributed by atoms with Crippen LogP contribution in [0.1, 0.15) is 37.4 Å². The fraction of sp³-hybridized carbons (Fsp3) is 0.389. The van der Waals surface area contributed by atoms with Crippen molar-refractivity contribution in [2.45, 2.75) is 51.3 Å². The van der Waals surface area contributed by atoms with Crippen LogP contribution in [0.25, 0.3) is 5.69 Å². The molecule has 2 aliphatic heterocycles. The summed E-state index contributed by atoms with van der Waals surface area (Å²) in [7, 11) is 0. The number of ether oxygens (including phenoxy) is 3. The molecule has 0 aliphatic carbocycles. The van der Waals surface area contributed by atoms with Gasteiger partial charge in [0.2, 0.25) is 5.79 Å². The number of nitrogens with zero attached hydrogens (tertiary/aromatic N) is 8. The molecule has 4 heterocycles. The number of piperazine rings is 1. The van der Waals surface area contributed by atoms with E-state index in [1.165, 1.54) is 9.48 Å². The average Bonchev–Trinajstić information content (AvgIpc) is 3.91. The van der Waals surface area contributed by atoms with Gasteiger partial charge >= 0.3 is 5.69 Å². The van der Waals surface area contributed by atoms with Crippen molar-refractivity contribution in [2.24, 2.45) is 5.73 Å². The fourth-order valence-electron chi connectivity index (χ4n) is 6.58. The summed E-state index contributed by atoms with van der Waals surface area (Å²) in [6.45, 7) is 8.53. The monoisotopic (exact) mass is 733 g/mol. The Morgan fingerprint density at radius 2 is 1.69 bits per heavy atom. The first-order valence-electron chi connectivity index (χ1n) is 17.1. The van der Waals surface area contributed by atoms with Crippen molar-refractivity contribution in [3.05, 3.63) is 111 Å². The summed E-state index contributed by atoms with van der Waals surface area (Å²) in [6, 6.07) is 19.4. The molecule has 3 atom stereocenters. The van der Waals surface area contributed by atoms with Crippen LogP contribution in [0.15, 0.2) is 84.2 Å². The number of anilines is 2. The van der Waals surface area contributed by atoms with Gasteiger partial charge in [0, 0.05) is 54.7 Å². The molecule has 7 rings (SSSR count). The molecule has 0 bridgehead atoms. The van der Waals surface area contributed by atoms with Crippen molar-refractivity contribution < 1.29 is 14.2 Å². The normalized spacial score (nSPS) is 19.8. The van der Waals surface area contributed by atoms with E-state index in [2.05, 4.69) is 43.3 Å². The van der Waals surface area contributed by atoms with Crippen LogP contribution < -0.4 is 26.0 Å². The molecule has 2 fully saturated rings. The Kier molecular flexibility index (Phi) is 10.3. The lowest BCUT2D eigenvalue weighted by Crippen LogP contribution is -2.46. The molecule has 0 saturated carbocycles. The highest BCUT2D eigenvalue weighted by molar-refractivity contribution is 6.35. The summed E-state index contributed by atoms with van der Waals surface area (Å²) in [5.74, 6) is -0.506. The van der Waals surface area contributed by atoms with E-state index >= 15 is 0 Å². The molecule has 2 aromatic heterocycles. The Bertz CT molecular complexity index is 1990. The molecule has 2 saturated heterocycles. The van der Waals surface area contributed by atoms with Gasteiger partial charge in [0.15, 0.2) is 0 Å². The van der Waals surface area contributed by atoms with Crippen molar-refractivity contribution >= 4 is 34.6 Å². The van der Waals surface area contributed by atoms with Gasteiger partial charge in [-0.1, -0.05) is 36.2 Å². The van der Waals surface area contributed by atoms with E-state index in [1.807, 2.05) is 38.1 Å². The summed E-state index contributed by atoms with van der Waals surface area (Å²) in [6.07, 6.45) is 5.26. The smallest absolute Gasteiger partial charge is 0.350 e. The van der Waals surface area contributed by atoms with Gasteiger partial charge in [-0.15, -0.1) is 0 Å².